The van der Waals surface area contributed by atoms with Crippen molar-refractivity contribution in [2.75, 3.05) is 0 Å². The van der Waals surface area contributed by atoms with E-state index in [9.17, 15) is 0 Å². The second kappa shape index (κ2) is 12.9. The van der Waals surface area contributed by atoms with Gasteiger partial charge >= 0.3 is 21.1 Å². The predicted octanol–water partition coefficient (Wildman–Crippen LogP) is 9.81. The fourth-order valence-electron chi connectivity index (χ4n) is 6.03. The summed E-state index contributed by atoms with van der Waals surface area (Å²) in [4.78, 5) is 4.69. The van der Waals surface area contributed by atoms with Crippen LogP contribution in [0, 0.1) is 19.1 Å². The first-order chi connectivity index (χ1) is 21.6. The summed E-state index contributed by atoms with van der Waals surface area (Å²) in [7, 11) is 0. The molecule has 0 spiro atoms. The zero-order valence-corrected chi connectivity index (χ0v) is 28.1. The maximum absolute atomic E-state index is 6.45. The molecule has 0 radical (unpaired) electrons. The van der Waals surface area contributed by atoms with Gasteiger partial charge in [0.15, 0.2) is 0 Å². The Morgan fingerprint density at radius 3 is 2.38 bits per heavy atom. The van der Waals surface area contributed by atoms with Crippen LogP contribution < -0.4 is 4.74 Å². The van der Waals surface area contributed by atoms with Crippen LogP contribution in [0.1, 0.15) is 50.1 Å². The number of aromatic nitrogens is 4. The molecule has 1 atom stereocenters. The second-order valence-corrected chi connectivity index (χ2v) is 11.3. The average Bonchev–Trinajstić information content (AvgIpc) is 3.61. The molecular formula is C39H34N4OPt. The summed E-state index contributed by atoms with van der Waals surface area (Å²) < 4.78 is 10.7. The van der Waals surface area contributed by atoms with Crippen molar-refractivity contribution in [3.8, 4) is 34.1 Å². The summed E-state index contributed by atoms with van der Waals surface area (Å²) in [6, 6.07) is 40.2. The number of para-hydroxylation sites is 1. The van der Waals surface area contributed by atoms with Gasteiger partial charge in [-0.25, -0.2) is 4.98 Å². The summed E-state index contributed by atoms with van der Waals surface area (Å²) in [5, 5.41) is 7.38. The van der Waals surface area contributed by atoms with Crippen molar-refractivity contribution in [3.05, 3.63) is 132 Å². The van der Waals surface area contributed by atoms with Crippen LogP contribution in [0.4, 0.5) is 0 Å². The summed E-state index contributed by atoms with van der Waals surface area (Å²) in [6.07, 6.45) is 3.70. The fraction of sp³-hybridized carbons (Fsp3) is 0.179. The average molecular weight is 770 g/mol. The number of hydrogen-bond donors (Lipinski definition) is 0. The van der Waals surface area contributed by atoms with E-state index in [2.05, 4.69) is 116 Å². The van der Waals surface area contributed by atoms with Crippen molar-refractivity contribution in [2.45, 2.75) is 46.5 Å². The molecule has 0 aliphatic rings. The number of hydrogen-bond acceptors (Lipinski definition) is 3. The molecular weight excluding hydrogens is 736 g/mol. The van der Waals surface area contributed by atoms with Gasteiger partial charge in [-0.15, -0.1) is 35.7 Å². The molecule has 0 saturated carbocycles. The zero-order chi connectivity index (χ0) is 30.2. The Labute approximate surface area is 278 Å². The maximum atomic E-state index is 6.45. The van der Waals surface area contributed by atoms with Gasteiger partial charge < -0.3 is 9.30 Å². The number of rotatable bonds is 8. The number of ether oxygens (including phenoxy) is 1. The minimum Gasteiger partial charge on any atom is -0.509 e. The van der Waals surface area contributed by atoms with Crippen molar-refractivity contribution in [3.63, 3.8) is 0 Å². The molecule has 226 valence electrons. The van der Waals surface area contributed by atoms with Gasteiger partial charge in [-0.2, -0.15) is 17.2 Å². The van der Waals surface area contributed by atoms with Gasteiger partial charge in [-0.05, 0) is 66.1 Å². The van der Waals surface area contributed by atoms with Crippen LogP contribution in [-0.2, 0) is 27.5 Å². The van der Waals surface area contributed by atoms with Gasteiger partial charge in [0.1, 0.15) is 5.82 Å². The molecule has 1 unspecified atom stereocenters. The number of pyridine rings is 1. The number of nitrogens with zero attached hydrogens (tertiary/aromatic N) is 4. The van der Waals surface area contributed by atoms with Crippen LogP contribution in [0.5, 0.6) is 11.5 Å². The van der Waals surface area contributed by atoms with Gasteiger partial charge in [0.2, 0.25) is 0 Å². The molecule has 0 N–H and O–H groups in total. The predicted molar refractivity (Wildman–Crippen MR) is 178 cm³/mol. The molecule has 45 heavy (non-hydrogen) atoms. The number of aryl methyl sites for hydroxylation is 2. The largest absolute Gasteiger partial charge is 2.00 e. The van der Waals surface area contributed by atoms with Crippen LogP contribution in [0.3, 0.4) is 0 Å². The Kier molecular flexibility index (Phi) is 8.74. The molecule has 5 nitrogen and oxygen atoms in total. The molecule has 3 aromatic heterocycles. The number of benzene rings is 4. The van der Waals surface area contributed by atoms with Crippen LogP contribution in [0.25, 0.3) is 44.4 Å². The summed E-state index contributed by atoms with van der Waals surface area (Å²) in [6.45, 7) is 8.74. The minimum atomic E-state index is 0. The molecule has 0 saturated heterocycles. The van der Waals surface area contributed by atoms with Gasteiger partial charge in [0, 0.05) is 28.8 Å². The first kappa shape index (κ1) is 30.6. The van der Waals surface area contributed by atoms with E-state index in [0.717, 1.165) is 57.4 Å². The van der Waals surface area contributed by atoms with Gasteiger partial charge in [0.05, 0.1) is 11.4 Å². The van der Waals surface area contributed by atoms with E-state index in [4.69, 9.17) is 14.8 Å². The summed E-state index contributed by atoms with van der Waals surface area (Å²) >= 11 is 0. The fourth-order valence-corrected chi connectivity index (χ4v) is 6.03. The SMILES string of the molecule is CCc1nn(-c2[c-]c(Oc3[c-]c4c(cc3)c3ccccc3n4-c3cc(C)ccn3)ccc2)c(C(C)CC)c1-c1ccccc1.[Pt+2]. The third kappa shape index (κ3) is 5.62. The molecule has 7 rings (SSSR count). The Balaban J connectivity index is 0.00000357. The van der Waals surface area contributed by atoms with Crippen LogP contribution >= 0.6 is 0 Å². The molecule has 6 heteroatoms. The van der Waals surface area contributed by atoms with E-state index in [0.29, 0.717) is 17.4 Å². The minimum absolute atomic E-state index is 0. The van der Waals surface area contributed by atoms with Crippen molar-refractivity contribution < 1.29 is 25.8 Å². The first-order valence-corrected chi connectivity index (χ1v) is 15.3. The van der Waals surface area contributed by atoms with Crippen LogP contribution in [0.15, 0.2) is 103 Å². The molecule has 0 amide bonds. The smallest absolute Gasteiger partial charge is 0.509 e. The molecule has 0 bridgehead atoms. The monoisotopic (exact) mass is 769 g/mol. The third-order valence-electron chi connectivity index (χ3n) is 8.36. The van der Waals surface area contributed by atoms with Crippen molar-refractivity contribution in [2.24, 2.45) is 0 Å². The molecule has 0 aliphatic carbocycles. The Bertz CT molecular complexity index is 2110. The van der Waals surface area contributed by atoms with E-state index in [1.165, 1.54) is 16.8 Å². The van der Waals surface area contributed by atoms with E-state index < -0.39 is 0 Å². The Hall–Kier alpha value is -4.47. The van der Waals surface area contributed by atoms with Crippen LogP contribution in [0.2, 0.25) is 0 Å². The van der Waals surface area contributed by atoms with E-state index in [-0.39, 0.29) is 21.1 Å². The summed E-state index contributed by atoms with van der Waals surface area (Å²) in [5.41, 5.74) is 8.71. The quantitative estimate of drug-likeness (QED) is 0.145. The first-order valence-electron chi connectivity index (χ1n) is 15.3. The standard InChI is InChI=1S/C39H34N4O.Pt/c1-5-27(4)39-38(28-13-8-7-9-14-28)34(6-2)41-43(39)29-15-12-16-30(24-29)44-31-19-20-33-32-17-10-11-18-35(32)42(36(33)25-31)37-23-26(3)21-22-40-37;/h7-23,27H,5-6H2,1-4H3;/q-2;+2. The Morgan fingerprint density at radius 2 is 1.60 bits per heavy atom. The molecule has 0 aliphatic heterocycles. The van der Waals surface area contributed by atoms with Crippen LogP contribution in [-0.4, -0.2) is 19.3 Å². The summed E-state index contributed by atoms with van der Waals surface area (Å²) in [5.74, 6) is 2.39. The van der Waals surface area contributed by atoms with E-state index in [1.54, 1.807) is 0 Å². The van der Waals surface area contributed by atoms with E-state index in [1.807, 2.05) is 36.5 Å². The van der Waals surface area contributed by atoms with Gasteiger partial charge in [-0.3, -0.25) is 4.68 Å². The maximum Gasteiger partial charge on any atom is 2.00 e. The molecule has 7 aromatic rings. The van der Waals surface area contributed by atoms with Crippen molar-refractivity contribution in [1.82, 2.24) is 19.3 Å². The Morgan fingerprint density at radius 1 is 0.822 bits per heavy atom. The third-order valence-corrected chi connectivity index (χ3v) is 8.36. The normalized spacial score (nSPS) is 11.9. The van der Waals surface area contributed by atoms with Gasteiger partial charge in [0.25, 0.3) is 0 Å². The molecule has 0 fully saturated rings. The second-order valence-electron chi connectivity index (χ2n) is 11.3. The molecule has 4 aromatic carbocycles. The van der Waals surface area contributed by atoms with Crippen molar-refractivity contribution in [1.29, 1.82) is 0 Å². The van der Waals surface area contributed by atoms with Gasteiger partial charge in [-0.1, -0.05) is 74.8 Å². The van der Waals surface area contributed by atoms with Crippen molar-refractivity contribution >= 4 is 21.8 Å². The topological polar surface area (TPSA) is 44.9 Å². The zero-order valence-electron chi connectivity index (χ0n) is 25.8. The van der Waals surface area contributed by atoms with E-state index >= 15 is 0 Å². The molecule has 3 heterocycles. The number of fused-ring (bicyclic) bond motifs is 3.